The van der Waals surface area contributed by atoms with Gasteiger partial charge in [0.1, 0.15) is 17.8 Å². The monoisotopic (exact) mass is 403 g/mol. The Kier molecular flexibility index (Phi) is 4.69. The maximum atomic E-state index is 13.1. The third kappa shape index (κ3) is 3.22. The highest BCUT2D eigenvalue weighted by molar-refractivity contribution is 5.98. The standard InChI is InChI=1S/C24H25N3O3/c1-30-16-9-10-17-18(14-21-24(29)27-11-5-8-22(27)23(28)26-21)19(25-20(17)13-16)12-15-6-3-2-4-7-15/h2-4,6-7,9-10,13,21-22,25H,5,8,11-12,14H2,1H3,(H,26,28)/t21-,22-/m0/s1. The number of fused-ring (bicyclic) bond motifs is 2. The molecule has 0 aliphatic carbocycles. The second-order valence-electron chi connectivity index (χ2n) is 8.11. The molecule has 0 radical (unpaired) electrons. The van der Waals surface area contributed by atoms with E-state index in [4.69, 9.17) is 4.74 Å². The third-order valence-corrected chi connectivity index (χ3v) is 6.29. The average molecular weight is 403 g/mol. The molecule has 0 bridgehead atoms. The molecule has 2 amide bonds. The molecule has 3 heterocycles. The van der Waals surface area contributed by atoms with Crippen molar-refractivity contribution >= 4 is 22.7 Å². The second kappa shape index (κ2) is 7.52. The first-order valence-corrected chi connectivity index (χ1v) is 10.5. The fourth-order valence-corrected chi connectivity index (χ4v) is 4.78. The number of methoxy groups -OCH3 is 1. The number of hydrogen-bond donors (Lipinski definition) is 2. The number of amides is 2. The Morgan fingerprint density at radius 1 is 1.13 bits per heavy atom. The number of ether oxygens (including phenoxy) is 1. The zero-order valence-electron chi connectivity index (χ0n) is 17.0. The fourth-order valence-electron chi connectivity index (χ4n) is 4.78. The summed E-state index contributed by atoms with van der Waals surface area (Å²) in [5, 5.41) is 4.05. The molecule has 30 heavy (non-hydrogen) atoms. The lowest BCUT2D eigenvalue weighted by Crippen LogP contribution is -2.61. The van der Waals surface area contributed by atoms with Gasteiger partial charge in [-0.05, 0) is 36.1 Å². The summed E-state index contributed by atoms with van der Waals surface area (Å²) in [6, 6.07) is 15.4. The topological polar surface area (TPSA) is 74.4 Å². The van der Waals surface area contributed by atoms with E-state index < -0.39 is 6.04 Å². The van der Waals surface area contributed by atoms with E-state index in [1.165, 1.54) is 5.56 Å². The molecule has 2 aliphatic rings. The third-order valence-electron chi connectivity index (χ3n) is 6.29. The number of aromatic nitrogens is 1. The molecule has 0 saturated carbocycles. The summed E-state index contributed by atoms with van der Waals surface area (Å²) in [5.74, 6) is 0.789. The van der Waals surface area contributed by atoms with Gasteiger partial charge in [-0.3, -0.25) is 9.59 Å². The summed E-state index contributed by atoms with van der Waals surface area (Å²) >= 11 is 0. The van der Waals surface area contributed by atoms with Gasteiger partial charge in [-0.1, -0.05) is 30.3 Å². The number of rotatable bonds is 5. The smallest absolute Gasteiger partial charge is 0.246 e. The van der Waals surface area contributed by atoms with Gasteiger partial charge in [0.2, 0.25) is 11.8 Å². The van der Waals surface area contributed by atoms with Crippen LogP contribution in [-0.4, -0.2) is 47.4 Å². The lowest BCUT2D eigenvalue weighted by atomic mass is 9.96. The van der Waals surface area contributed by atoms with Gasteiger partial charge in [0.25, 0.3) is 0 Å². The van der Waals surface area contributed by atoms with Crippen molar-refractivity contribution in [1.82, 2.24) is 15.2 Å². The van der Waals surface area contributed by atoms with Crippen LogP contribution in [0.3, 0.4) is 0 Å². The summed E-state index contributed by atoms with van der Waals surface area (Å²) in [4.78, 5) is 30.9. The zero-order valence-corrected chi connectivity index (χ0v) is 17.0. The van der Waals surface area contributed by atoms with E-state index in [0.29, 0.717) is 13.0 Å². The minimum atomic E-state index is -0.525. The van der Waals surface area contributed by atoms with Gasteiger partial charge in [0.15, 0.2) is 0 Å². The fraction of sp³-hybridized carbons (Fsp3) is 0.333. The minimum absolute atomic E-state index is 0.0248. The Bertz CT molecular complexity index is 1110. The van der Waals surface area contributed by atoms with Crippen LogP contribution < -0.4 is 10.1 Å². The van der Waals surface area contributed by atoms with Crippen molar-refractivity contribution in [3.8, 4) is 5.75 Å². The normalized spacial score (nSPS) is 21.0. The molecule has 2 aliphatic heterocycles. The van der Waals surface area contributed by atoms with Gasteiger partial charge in [-0.2, -0.15) is 0 Å². The average Bonchev–Trinajstić information content (AvgIpc) is 3.38. The van der Waals surface area contributed by atoms with Gasteiger partial charge in [0, 0.05) is 42.0 Å². The Morgan fingerprint density at radius 2 is 1.97 bits per heavy atom. The first-order chi connectivity index (χ1) is 14.6. The molecule has 6 nitrogen and oxygen atoms in total. The Balaban J connectivity index is 1.52. The minimum Gasteiger partial charge on any atom is -0.497 e. The molecule has 0 unspecified atom stereocenters. The maximum Gasteiger partial charge on any atom is 0.246 e. The number of H-pyrrole nitrogens is 1. The number of nitrogens with zero attached hydrogens (tertiary/aromatic N) is 1. The van der Waals surface area contributed by atoms with Gasteiger partial charge < -0.3 is 19.9 Å². The van der Waals surface area contributed by atoms with Crippen LogP contribution in [0.4, 0.5) is 0 Å². The predicted octanol–water partition coefficient (Wildman–Crippen LogP) is 2.80. The summed E-state index contributed by atoms with van der Waals surface area (Å²) < 4.78 is 5.38. The molecule has 1 aromatic heterocycles. The van der Waals surface area contributed by atoms with Gasteiger partial charge in [-0.25, -0.2) is 0 Å². The maximum absolute atomic E-state index is 13.1. The Hall–Kier alpha value is -3.28. The van der Waals surface area contributed by atoms with Crippen molar-refractivity contribution in [3.05, 3.63) is 65.4 Å². The van der Waals surface area contributed by atoms with E-state index in [9.17, 15) is 9.59 Å². The number of piperazine rings is 1. The molecule has 3 aromatic rings. The van der Waals surface area contributed by atoms with Crippen LogP contribution >= 0.6 is 0 Å². The molecule has 6 heteroatoms. The molecule has 0 spiro atoms. The number of nitrogens with one attached hydrogen (secondary N) is 2. The number of carbonyl (C=O) groups excluding carboxylic acids is 2. The largest absolute Gasteiger partial charge is 0.497 e. The summed E-state index contributed by atoms with van der Waals surface area (Å²) in [6.07, 6.45) is 2.86. The molecular weight excluding hydrogens is 378 g/mol. The highest BCUT2D eigenvalue weighted by Crippen LogP contribution is 2.30. The summed E-state index contributed by atoms with van der Waals surface area (Å²) in [6.45, 7) is 0.676. The van der Waals surface area contributed by atoms with Crippen molar-refractivity contribution in [2.24, 2.45) is 0 Å². The second-order valence-corrected chi connectivity index (χ2v) is 8.11. The first kappa shape index (κ1) is 18.7. The van der Waals surface area contributed by atoms with E-state index in [1.54, 1.807) is 12.0 Å². The highest BCUT2D eigenvalue weighted by atomic mass is 16.5. The lowest BCUT2D eigenvalue weighted by molar-refractivity contribution is -0.146. The lowest BCUT2D eigenvalue weighted by Gasteiger charge is -2.34. The van der Waals surface area contributed by atoms with Gasteiger partial charge >= 0.3 is 0 Å². The number of aromatic amines is 1. The number of benzene rings is 2. The van der Waals surface area contributed by atoms with Gasteiger partial charge in [-0.15, -0.1) is 0 Å². The highest BCUT2D eigenvalue weighted by Gasteiger charge is 2.43. The van der Waals surface area contributed by atoms with Crippen molar-refractivity contribution < 1.29 is 14.3 Å². The van der Waals surface area contributed by atoms with Crippen LogP contribution in [0.5, 0.6) is 5.75 Å². The van der Waals surface area contributed by atoms with Crippen LogP contribution in [-0.2, 0) is 22.4 Å². The molecule has 2 saturated heterocycles. The first-order valence-electron chi connectivity index (χ1n) is 10.5. The molecule has 2 N–H and O–H groups in total. The molecule has 5 rings (SSSR count). The zero-order chi connectivity index (χ0) is 20.7. The van der Waals surface area contributed by atoms with Crippen LogP contribution in [0.2, 0.25) is 0 Å². The van der Waals surface area contributed by atoms with E-state index in [2.05, 4.69) is 22.4 Å². The van der Waals surface area contributed by atoms with E-state index in [0.717, 1.165) is 47.2 Å². The van der Waals surface area contributed by atoms with Crippen molar-refractivity contribution in [2.75, 3.05) is 13.7 Å². The summed E-state index contributed by atoms with van der Waals surface area (Å²) in [7, 11) is 1.65. The predicted molar refractivity (Wildman–Crippen MR) is 114 cm³/mol. The molecular formula is C24H25N3O3. The van der Waals surface area contributed by atoms with Crippen molar-refractivity contribution in [2.45, 2.75) is 37.8 Å². The van der Waals surface area contributed by atoms with Crippen molar-refractivity contribution in [1.29, 1.82) is 0 Å². The Morgan fingerprint density at radius 3 is 2.77 bits per heavy atom. The number of carbonyl (C=O) groups is 2. The van der Waals surface area contributed by atoms with Gasteiger partial charge in [0.05, 0.1) is 7.11 Å². The van der Waals surface area contributed by atoms with Crippen LogP contribution in [0.1, 0.15) is 29.7 Å². The SMILES string of the molecule is COc1ccc2c(C[C@@H]3NC(=O)[C@@H]4CCCN4C3=O)c(Cc3ccccc3)[nH]c2c1. The Labute approximate surface area is 175 Å². The van der Waals surface area contributed by atoms with Crippen LogP contribution in [0.15, 0.2) is 48.5 Å². The quantitative estimate of drug-likeness (QED) is 0.688. The van der Waals surface area contributed by atoms with E-state index in [-0.39, 0.29) is 17.9 Å². The van der Waals surface area contributed by atoms with Crippen LogP contribution in [0, 0.1) is 0 Å². The number of hydrogen-bond acceptors (Lipinski definition) is 3. The van der Waals surface area contributed by atoms with E-state index in [1.807, 2.05) is 36.4 Å². The molecule has 2 fully saturated rings. The van der Waals surface area contributed by atoms with E-state index >= 15 is 0 Å². The van der Waals surface area contributed by atoms with Crippen LogP contribution in [0.25, 0.3) is 10.9 Å². The molecule has 154 valence electrons. The van der Waals surface area contributed by atoms with Crippen molar-refractivity contribution in [3.63, 3.8) is 0 Å². The molecule has 2 atom stereocenters. The summed E-state index contributed by atoms with van der Waals surface area (Å²) in [5.41, 5.74) is 4.31. The molecule has 2 aromatic carbocycles.